The van der Waals surface area contributed by atoms with Crippen LogP contribution in [0.15, 0.2) is 54.7 Å². The van der Waals surface area contributed by atoms with Crippen molar-refractivity contribution in [3.63, 3.8) is 0 Å². The first kappa shape index (κ1) is 22.1. The molecule has 30 heavy (non-hydrogen) atoms. The van der Waals surface area contributed by atoms with Crippen molar-refractivity contribution in [3.05, 3.63) is 63.9 Å². The first-order valence-electron chi connectivity index (χ1n) is 9.32. The molecular formula is C21H20F3IN4O. The van der Waals surface area contributed by atoms with Gasteiger partial charge in [-0.15, -0.1) is 0 Å². The first-order chi connectivity index (χ1) is 14.4. The first-order valence-corrected chi connectivity index (χ1v) is 10.4. The van der Waals surface area contributed by atoms with Crippen LogP contribution in [0.1, 0.15) is 25.3 Å². The number of aromatic nitrogens is 2. The highest BCUT2D eigenvalue weighted by Crippen LogP contribution is 2.36. The second kappa shape index (κ2) is 9.96. The van der Waals surface area contributed by atoms with Crippen LogP contribution in [0.3, 0.4) is 0 Å². The highest BCUT2D eigenvalue weighted by molar-refractivity contribution is 14.1. The molecule has 2 aromatic carbocycles. The summed E-state index contributed by atoms with van der Waals surface area (Å²) in [4.78, 5) is 7.90. The van der Waals surface area contributed by atoms with E-state index in [1.807, 2.05) is 22.6 Å². The van der Waals surface area contributed by atoms with E-state index >= 15 is 0 Å². The molecule has 0 fully saturated rings. The lowest BCUT2D eigenvalue weighted by atomic mass is 10.2. The van der Waals surface area contributed by atoms with Crippen LogP contribution < -0.4 is 15.4 Å². The monoisotopic (exact) mass is 528 g/mol. The quantitative estimate of drug-likeness (QED) is 0.250. The molecule has 0 saturated carbocycles. The number of para-hydroxylation sites is 1. The van der Waals surface area contributed by atoms with Crippen molar-refractivity contribution < 1.29 is 17.9 Å². The summed E-state index contributed by atoms with van der Waals surface area (Å²) in [5, 5.41) is 5.70. The van der Waals surface area contributed by atoms with E-state index < -0.39 is 11.7 Å². The van der Waals surface area contributed by atoms with Crippen molar-refractivity contribution in [3.8, 4) is 5.75 Å². The third kappa shape index (κ3) is 5.97. The van der Waals surface area contributed by atoms with Gasteiger partial charge in [0.05, 0.1) is 12.3 Å². The minimum absolute atomic E-state index is 0.0519. The Morgan fingerprint density at radius 1 is 1.03 bits per heavy atom. The number of rotatable bonds is 8. The van der Waals surface area contributed by atoms with E-state index in [-0.39, 0.29) is 11.8 Å². The predicted molar refractivity (Wildman–Crippen MR) is 120 cm³/mol. The van der Waals surface area contributed by atoms with Crippen molar-refractivity contribution in [1.29, 1.82) is 0 Å². The van der Waals surface area contributed by atoms with Gasteiger partial charge in [0.15, 0.2) is 0 Å². The maximum atomic E-state index is 13.4. The average molecular weight is 528 g/mol. The number of nitrogens with zero attached hydrogens (tertiary/aromatic N) is 2. The van der Waals surface area contributed by atoms with E-state index in [2.05, 4.69) is 27.5 Å². The number of alkyl halides is 3. The van der Waals surface area contributed by atoms with E-state index in [0.29, 0.717) is 18.0 Å². The van der Waals surface area contributed by atoms with Gasteiger partial charge in [-0.25, -0.2) is 4.98 Å². The summed E-state index contributed by atoms with van der Waals surface area (Å²) in [7, 11) is 0. The molecule has 1 heterocycles. The van der Waals surface area contributed by atoms with E-state index in [9.17, 15) is 13.2 Å². The highest BCUT2D eigenvalue weighted by Gasteiger charge is 2.35. The van der Waals surface area contributed by atoms with Crippen LogP contribution in [0.4, 0.5) is 36.3 Å². The Hall–Kier alpha value is -2.56. The van der Waals surface area contributed by atoms with Gasteiger partial charge in [0.25, 0.3) is 0 Å². The maximum Gasteiger partial charge on any atom is 0.421 e. The Labute approximate surface area is 186 Å². The molecule has 0 aliphatic carbocycles. The molecule has 5 nitrogen and oxygen atoms in total. The smallest absolute Gasteiger partial charge is 0.421 e. The number of ether oxygens (including phenoxy) is 1. The van der Waals surface area contributed by atoms with Crippen molar-refractivity contribution >= 4 is 45.7 Å². The van der Waals surface area contributed by atoms with Crippen LogP contribution in [0.5, 0.6) is 5.75 Å². The molecule has 0 saturated heterocycles. The fraction of sp³-hybridized carbons (Fsp3) is 0.238. The molecule has 0 unspecified atom stereocenters. The van der Waals surface area contributed by atoms with E-state index in [4.69, 9.17) is 4.74 Å². The zero-order valence-electron chi connectivity index (χ0n) is 16.1. The number of anilines is 4. The Balaban J connectivity index is 1.81. The van der Waals surface area contributed by atoms with Crippen molar-refractivity contribution in [2.24, 2.45) is 0 Å². The van der Waals surface area contributed by atoms with Gasteiger partial charge in [0.2, 0.25) is 5.95 Å². The molecule has 1 aromatic heterocycles. The number of nitrogens with one attached hydrogen (secondary N) is 2. The lowest BCUT2D eigenvalue weighted by Crippen LogP contribution is -2.13. The van der Waals surface area contributed by atoms with Gasteiger partial charge >= 0.3 is 6.18 Å². The van der Waals surface area contributed by atoms with E-state index in [1.54, 1.807) is 48.5 Å². The molecular weight excluding hydrogens is 508 g/mol. The molecule has 0 bridgehead atoms. The molecule has 3 rings (SSSR count). The van der Waals surface area contributed by atoms with Crippen LogP contribution in [-0.4, -0.2) is 16.6 Å². The van der Waals surface area contributed by atoms with Gasteiger partial charge in [0.1, 0.15) is 17.1 Å². The third-order valence-corrected chi connectivity index (χ3v) is 5.04. The number of hydrogen-bond acceptors (Lipinski definition) is 5. The van der Waals surface area contributed by atoms with Crippen molar-refractivity contribution in [2.75, 3.05) is 17.2 Å². The number of halogens is 4. The fourth-order valence-electron chi connectivity index (χ4n) is 2.53. The Bertz CT molecular complexity index is 981. The highest BCUT2D eigenvalue weighted by atomic mass is 127. The SMILES string of the molecule is CCCCOc1ccc(Nc2ncc(C(F)(F)F)c(Nc3ccccc3I)n2)cc1. The Morgan fingerprint density at radius 2 is 1.77 bits per heavy atom. The standard InChI is InChI=1S/C21H20F3IN4O/c1-2-3-12-30-15-10-8-14(9-11-15)27-20-26-13-16(21(22,23)24)19(29-20)28-18-7-5-4-6-17(18)25/h4-11,13H,2-3,12H2,1H3,(H2,26,27,28,29). The normalized spacial score (nSPS) is 11.2. The predicted octanol–water partition coefficient (Wildman–Crippen LogP) is 6.77. The minimum atomic E-state index is -4.58. The summed E-state index contributed by atoms with van der Waals surface area (Å²) < 4.78 is 46.7. The molecule has 2 N–H and O–H groups in total. The summed E-state index contributed by atoms with van der Waals surface area (Å²) in [6, 6.07) is 14.1. The molecule has 0 aliphatic rings. The average Bonchev–Trinajstić information content (AvgIpc) is 2.70. The number of hydrogen-bond donors (Lipinski definition) is 2. The largest absolute Gasteiger partial charge is 0.494 e. The van der Waals surface area contributed by atoms with Crippen molar-refractivity contribution in [2.45, 2.75) is 25.9 Å². The molecule has 3 aromatic rings. The molecule has 0 amide bonds. The Kier molecular flexibility index (Phi) is 7.35. The molecule has 158 valence electrons. The second-order valence-electron chi connectivity index (χ2n) is 6.41. The summed E-state index contributed by atoms with van der Waals surface area (Å²) in [6.45, 7) is 2.72. The van der Waals surface area contributed by atoms with Gasteiger partial charge in [-0.2, -0.15) is 18.2 Å². The van der Waals surface area contributed by atoms with Crippen LogP contribution in [0.2, 0.25) is 0 Å². The minimum Gasteiger partial charge on any atom is -0.494 e. The van der Waals surface area contributed by atoms with Gasteiger partial charge in [-0.3, -0.25) is 0 Å². The lowest BCUT2D eigenvalue weighted by molar-refractivity contribution is -0.137. The van der Waals surface area contributed by atoms with Gasteiger partial charge in [0, 0.05) is 15.5 Å². The van der Waals surface area contributed by atoms with Gasteiger partial charge in [-0.05, 0) is 65.4 Å². The van der Waals surface area contributed by atoms with Gasteiger partial charge in [-0.1, -0.05) is 25.5 Å². The summed E-state index contributed by atoms with van der Waals surface area (Å²) in [5.41, 5.74) is 0.229. The van der Waals surface area contributed by atoms with Crippen molar-refractivity contribution in [1.82, 2.24) is 9.97 Å². The second-order valence-corrected chi connectivity index (χ2v) is 7.57. The molecule has 0 atom stereocenters. The fourth-order valence-corrected chi connectivity index (χ4v) is 3.06. The summed E-state index contributed by atoms with van der Waals surface area (Å²) in [5.74, 6) is 0.461. The zero-order chi connectivity index (χ0) is 21.6. The van der Waals surface area contributed by atoms with E-state index in [1.165, 1.54) is 0 Å². The Morgan fingerprint density at radius 3 is 2.43 bits per heavy atom. The number of unbranched alkanes of at least 4 members (excludes halogenated alkanes) is 1. The lowest BCUT2D eigenvalue weighted by Gasteiger charge is -2.15. The molecule has 0 radical (unpaired) electrons. The van der Waals surface area contributed by atoms with Crippen LogP contribution in [-0.2, 0) is 6.18 Å². The molecule has 0 spiro atoms. The zero-order valence-corrected chi connectivity index (χ0v) is 18.3. The van der Waals surface area contributed by atoms with Gasteiger partial charge < -0.3 is 15.4 Å². The van der Waals surface area contributed by atoms with Crippen LogP contribution in [0, 0.1) is 3.57 Å². The third-order valence-electron chi connectivity index (χ3n) is 4.10. The van der Waals surface area contributed by atoms with Crippen LogP contribution in [0.25, 0.3) is 0 Å². The molecule has 9 heteroatoms. The maximum absolute atomic E-state index is 13.4. The van der Waals surface area contributed by atoms with Crippen LogP contribution >= 0.6 is 22.6 Å². The number of benzene rings is 2. The topological polar surface area (TPSA) is 59.1 Å². The summed E-state index contributed by atoms with van der Waals surface area (Å²) >= 11 is 2.05. The molecule has 0 aliphatic heterocycles. The van der Waals surface area contributed by atoms with E-state index in [0.717, 1.165) is 28.4 Å². The summed E-state index contributed by atoms with van der Waals surface area (Å²) in [6.07, 6.45) is -1.80.